The molecule has 0 spiro atoms. The number of nitrogens with one attached hydrogen (secondary N) is 1. The van der Waals surface area contributed by atoms with Gasteiger partial charge in [-0.25, -0.2) is 4.98 Å². The highest BCUT2D eigenvalue weighted by Gasteiger charge is 2.69. The lowest BCUT2D eigenvalue weighted by atomic mass is 9.40. The minimum Gasteiger partial charge on any atom is -0.436 e. The molecule has 8 nitrogen and oxygen atoms in total. The fourth-order valence-corrected chi connectivity index (χ4v) is 5.35. The van der Waals surface area contributed by atoms with Crippen molar-refractivity contribution in [1.29, 1.82) is 10.5 Å². The maximum absolute atomic E-state index is 14.1. The molecular formula is C25H23F2N7O. The Hall–Kier alpha value is -4.05. The molecule has 0 atom stereocenters. The van der Waals surface area contributed by atoms with Crippen LogP contribution in [0.15, 0.2) is 18.2 Å². The molecule has 3 fully saturated rings. The first kappa shape index (κ1) is 22.7. The van der Waals surface area contributed by atoms with Crippen molar-refractivity contribution in [3.8, 4) is 23.8 Å². The number of nitriles is 2. The van der Waals surface area contributed by atoms with Gasteiger partial charge in [-0.05, 0) is 68.0 Å². The summed E-state index contributed by atoms with van der Waals surface area (Å²) in [4.78, 5) is 13.3. The zero-order valence-corrected chi connectivity index (χ0v) is 19.6. The van der Waals surface area contributed by atoms with E-state index < -0.39 is 6.55 Å². The van der Waals surface area contributed by atoms with E-state index in [0.29, 0.717) is 25.0 Å². The number of ether oxygens (including phenoxy) is 1. The van der Waals surface area contributed by atoms with Crippen LogP contribution < -0.4 is 10.1 Å². The number of benzene rings is 1. The van der Waals surface area contributed by atoms with Crippen molar-refractivity contribution < 1.29 is 13.5 Å². The lowest BCUT2D eigenvalue weighted by Crippen LogP contribution is -2.70. The van der Waals surface area contributed by atoms with Gasteiger partial charge in [0.1, 0.15) is 11.6 Å². The summed E-state index contributed by atoms with van der Waals surface area (Å²) >= 11 is 0. The van der Waals surface area contributed by atoms with Gasteiger partial charge in [0.25, 0.3) is 5.88 Å². The van der Waals surface area contributed by atoms with Crippen LogP contribution in [0.1, 0.15) is 55.3 Å². The Labute approximate surface area is 200 Å². The van der Waals surface area contributed by atoms with Gasteiger partial charge >= 0.3 is 6.55 Å². The van der Waals surface area contributed by atoms with E-state index in [0.717, 1.165) is 21.3 Å². The van der Waals surface area contributed by atoms with E-state index in [1.54, 1.807) is 13.0 Å². The molecule has 2 bridgehead atoms. The van der Waals surface area contributed by atoms with Crippen molar-refractivity contribution in [3.05, 3.63) is 40.7 Å². The zero-order chi connectivity index (χ0) is 25.0. The minimum absolute atomic E-state index is 0.0156. The molecule has 0 saturated heterocycles. The molecule has 178 valence electrons. The van der Waals surface area contributed by atoms with Crippen LogP contribution in [0.3, 0.4) is 0 Å². The van der Waals surface area contributed by atoms with E-state index in [2.05, 4.69) is 26.3 Å². The molecule has 3 aliphatic carbocycles. The Morgan fingerprint density at radius 2 is 1.86 bits per heavy atom. The van der Waals surface area contributed by atoms with Crippen molar-refractivity contribution in [2.24, 2.45) is 5.41 Å². The number of rotatable bonds is 7. The van der Waals surface area contributed by atoms with Gasteiger partial charge in [-0.1, -0.05) is 6.92 Å². The number of halogens is 2. The van der Waals surface area contributed by atoms with Crippen LogP contribution in [-0.2, 0) is 6.42 Å². The summed E-state index contributed by atoms with van der Waals surface area (Å²) in [5.74, 6) is 0.895. The molecule has 2 heterocycles. The minimum atomic E-state index is -2.84. The number of aromatic nitrogens is 4. The van der Waals surface area contributed by atoms with Gasteiger partial charge in [-0.2, -0.15) is 29.3 Å². The summed E-state index contributed by atoms with van der Waals surface area (Å²) in [5, 5.41) is 21.4. The van der Waals surface area contributed by atoms with Crippen molar-refractivity contribution >= 4 is 23.2 Å². The molecule has 0 amide bonds. The molecule has 0 aliphatic heterocycles. The first-order valence-corrected chi connectivity index (χ1v) is 11.3. The van der Waals surface area contributed by atoms with Crippen LogP contribution >= 0.6 is 0 Å². The second-order valence-corrected chi connectivity index (χ2v) is 9.43. The van der Waals surface area contributed by atoms with E-state index in [-0.39, 0.29) is 46.2 Å². The third-order valence-electron chi connectivity index (χ3n) is 6.78. The highest BCUT2D eigenvalue weighted by atomic mass is 19.3. The summed E-state index contributed by atoms with van der Waals surface area (Å²) in [6, 6.07) is 8.02. The van der Waals surface area contributed by atoms with E-state index in [1.165, 1.54) is 6.08 Å². The number of anilines is 1. The third kappa shape index (κ3) is 3.66. The van der Waals surface area contributed by atoms with E-state index >= 15 is 0 Å². The van der Waals surface area contributed by atoms with Gasteiger partial charge < -0.3 is 10.1 Å². The zero-order valence-electron chi connectivity index (χ0n) is 19.6. The first-order chi connectivity index (χ1) is 16.7. The molecule has 10 heteroatoms. The van der Waals surface area contributed by atoms with E-state index in [9.17, 15) is 14.0 Å². The quantitative estimate of drug-likeness (QED) is 0.443. The summed E-state index contributed by atoms with van der Waals surface area (Å²) in [6.45, 7) is 2.59. The number of aryl methyl sites for hydroxylation is 3. The summed E-state index contributed by atoms with van der Waals surface area (Å²) in [7, 11) is 0. The number of hydrogen-bond donors (Lipinski definition) is 1. The topological polar surface area (TPSA) is 112 Å². The molecule has 3 aromatic rings. The lowest BCUT2D eigenvalue weighted by molar-refractivity contribution is -0.0665. The fraction of sp³-hybridized carbons (Fsp3) is 0.400. The standard InChI is InChI=1S/C25H23F2N7O/c1-4-17-30-20-18(34(17)22(26)27)21(32-23(31-20)33-25-10-24(11-25,12-25)13-29)35-19-14(2)8-16(6-5-7-28)9-15(19)3/h5-6,8-9,22H,4,10-12H2,1-3H3,(H,31,32,33)/b6-5+. The summed E-state index contributed by atoms with van der Waals surface area (Å²) < 4.78 is 35.2. The monoisotopic (exact) mass is 475 g/mol. The maximum atomic E-state index is 14.1. The Balaban J connectivity index is 1.59. The van der Waals surface area contributed by atoms with Crippen LogP contribution in [0.2, 0.25) is 0 Å². The molecule has 0 radical (unpaired) electrons. The summed E-state index contributed by atoms with van der Waals surface area (Å²) in [6.07, 6.45) is 5.47. The maximum Gasteiger partial charge on any atom is 0.320 e. The molecule has 0 unspecified atom stereocenters. The predicted octanol–water partition coefficient (Wildman–Crippen LogP) is 5.59. The molecule has 2 aromatic heterocycles. The Morgan fingerprint density at radius 3 is 2.43 bits per heavy atom. The van der Waals surface area contributed by atoms with Gasteiger partial charge in [0, 0.05) is 18.0 Å². The molecule has 3 aliphatic rings. The second kappa shape index (κ2) is 8.02. The highest BCUT2D eigenvalue weighted by Crippen LogP contribution is 2.67. The molecule has 1 N–H and O–H groups in total. The van der Waals surface area contributed by atoms with E-state index in [4.69, 9.17) is 10.00 Å². The molecule has 6 rings (SSSR count). The van der Waals surface area contributed by atoms with E-state index in [1.807, 2.05) is 32.0 Å². The van der Waals surface area contributed by atoms with Crippen LogP contribution in [0.5, 0.6) is 11.6 Å². The van der Waals surface area contributed by atoms with Crippen LogP contribution in [-0.4, -0.2) is 25.1 Å². The molecule has 3 saturated carbocycles. The Bertz CT molecular complexity index is 1420. The molecule has 35 heavy (non-hydrogen) atoms. The number of imidazole rings is 1. The predicted molar refractivity (Wildman–Crippen MR) is 125 cm³/mol. The van der Waals surface area contributed by atoms with Crippen molar-refractivity contribution in [2.45, 2.75) is 58.5 Å². The fourth-order valence-electron chi connectivity index (χ4n) is 5.35. The van der Waals surface area contributed by atoms with Crippen molar-refractivity contribution in [2.75, 3.05) is 5.32 Å². The Kier molecular flexibility index (Phi) is 5.21. The lowest BCUT2D eigenvalue weighted by Gasteiger charge is -2.66. The second-order valence-electron chi connectivity index (χ2n) is 9.43. The van der Waals surface area contributed by atoms with Gasteiger partial charge in [0.05, 0.1) is 17.6 Å². The van der Waals surface area contributed by atoms with Crippen molar-refractivity contribution in [1.82, 2.24) is 19.5 Å². The smallest absolute Gasteiger partial charge is 0.320 e. The van der Waals surface area contributed by atoms with Crippen LogP contribution in [0.4, 0.5) is 14.7 Å². The van der Waals surface area contributed by atoms with Gasteiger partial charge in [0.2, 0.25) is 5.95 Å². The largest absolute Gasteiger partial charge is 0.436 e. The SMILES string of the molecule is CCc1nc2nc(NC34CC(C#N)(C3)C4)nc(Oc3c(C)cc(/C=C/C#N)cc3C)c2n1C(F)F. The number of nitrogens with zero attached hydrogens (tertiary/aromatic N) is 6. The Morgan fingerprint density at radius 1 is 1.17 bits per heavy atom. The van der Waals surface area contributed by atoms with Gasteiger partial charge in [0.15, 0.2) is 11.2 Å². The third-order valence-corrected chi connectivity index (χ3v) is 6.78. The number of alkyl halides is 2. The summed E-state index contributed by atoms with van der Waals surface area (Å²) in [5.41, 5.74) is 1.99. The molecule has 1 aromatic carbocycles. The average molecular weight is 476 g/mol. The van der Waals surface area contributed by atoms with Crippen LogP contribution in [0.25, 0.3) is 17.2 Å². The highest BCUT2D eigenvalue weighted by molar-refractivity contribution is 5.79. The number of allylic oxidation sites excluding steroid dienone is 1. The van der Waals surface area contributed by atoms with Crippen molar-refractivity contribution in [3.63, 3.8) is 0 Å². The first-order valence-electron chi connectivity index (χ1n) is 11.3. The van der Waals surface area contributed by atoms with Crippen LogP contribution in [0, 0.1) is 41.9 Å². The number of fused-ring (bicyclic) bond motifs is 1. The van der Waals surface area contributed by atoms with Gasteiger partial charge in [-0.15, -0.1) is 0 Å². The molecular weight excluding hydrogens is 452 g/mol. The normalized spacial score (nSPS) is 22.5. The average Bonchev–Trinajstić information content (AvgIpc) is 3.15. The van der Waals surface area contributed by atoms with Gasteiger partial charge in [-0.3, -0.25) is 4.57 Å². The number of hydrogen-bond acceptors (Lipinski definition) is 7.